The lowest BCUT2D eigenvalue weighted by Crippen LogP contribution is -2.39. The number of hydrogen-bond donors (Lipinski definition) is 2. The molecule has 1 saturated heterocycles. The summed E-state index contributed by atoms with van der Waals surface area (Å²) < 4.78 is 10.9. The van der Waals surface area contributed by atoms with Gasteiger partial charge < -0.3 is 20.1 Å². The topological polar surface area (TPSA) is 42.5 Å². The fourth-order valence-corrected chi connectivity index (χ4v) is 2.35. The van der Waals surface area contributed by atoms with Crippen LogP contribution in [0.1, 0.15) is 17.5 Å². The van der Waals surface area contributed by atoms with Crippen LogP contribution in [0.4, 0.5) is 0 Å². The summed E-state index contributed by atoms with van der Waals surface area (Å²) in [4.78, 5) is 0. The number of nitrogens with one attached hydrogen (secondary N) is 2. The Balaban J connectivity index is 1.69. The van der Waals surface area contributed by atoms with Crippen LogP contribution in [-0.4, -0.2) is 39.5 Å². The van der Waals surface area contributed by atoms with Crippen molar-refractivity contribution in [2.45, 2.75) is 26.0 Å². The van der Waals surface area contributed by atoms with Crippen molar-refractivity contribution in [3.8, 4) is 5.75 Å². The first-order valence-corrected chi connectivity index (χ1v) is 6.96. The molecule has 0 amide bonds. The van der Waals surface area contributed by atoms with Gasteiger partial charge in [-0.3, -0.25) is 0 Å². The van der Waals surface area contributed by atoms with Gasteiger partial charge in [-0.1, -0.05) is 12.1 Å². The molecular formula is C15H24N2O2. The summed E-state index contributed by atoms with van der Waals surface area (Å²) in [5.41, 5.74) is 2.47. The predicted octanol–water partition coefficient (Wildman–Crippen LogP) is 1.47. The Labute approximate surface area is 115 Å². The second-order valence-electron chi connectivity index (χ2n) is 4.97. The first-order valence-electron chi connectivity index (χ1n) is 6.96. The summed E-state index contributed by atoms with van der Waals surface area (Å²) in [6, 6.07) is 6.31. The van der Waals surface area contributed by atoms with Gasteiger partial charge in [-0.05, 0) is 37.1 Å². The fourth-order valence-electron chi connectivity index (χ4n) is 2.35. The second kappa shape index (κ2) is 7.48. The number of morpholine rings is 1. The maximum atomic E-state index is 5.66. The first kappa shape index (κ1) is 14.3. The highest BCUT2D eigenvalue weighted by molar-refractivity contribution is 5.36. The van der Waals surface area contributed by atoms with Gasteiger partial charge >= 0.3 is 0 Å². The maximum Gasteiger partial charge on any atom is 0.121 e. The molecule has 1 fully saturated rings. The smallest absolute Gasteiger partial charge is 0.121 e. The highest BCUT2D eigenvalue weighted by atomic mass is 16.5. The van der Waals surface area contributed by atoms with Crippen LogP contribution in [0.5, 0.6) is 5.75 Å². The number of aryl methyl sites for hydroxylation is 1. The second-order valence-corrected chi connectivity index (χ2v) is 4.97. The van der Waals surface area contributed by atoms with Crippen molar-refractivity contribution in [2.75, 3.05) is 33.4 Å². The molecule has 0 saturated carbocycles. The Kier molecular flexibility index (Phi) is 5.63. The highest BCUT2D eigenvalue weighted by Crippen LogP contribution is 2.18. The summed E-state index contributed by atoms with van der Waals surface area (Å²) in [5.74, 6) is 0.949. The lowest BCUT2D eigenvalue weighted by Gasteiger charge is -2.23. The Morgan fingerprint density at radius 3 is 3.05 bits per heavy atom. The van der Waals surface area contributed by atoms with E-state index in [0.717, 1.165) is 45.0 Å². The molecule has 2 rings (SSSR count). The minimum absolute atomic E-state index is 0.360. The largest absolute Gasteiger partial charge is 0.496 e. The molecule has 0 aromatic heterocycles. The van der Waals surface area contributed by atoms with E-state index in [-0.39, 0.29) is 0 Å². The summed E-state index contributed by atoms with van der Waals surface area (Å²) in [5, 5.41) is 6.81. The summed E-state index contributed by atoms with van der Waals surface area (Å²) >= 11 is 0. The van der Waals surface area contributed by atoms with E-state index in [4.69, 9.17) is 9.47 Å². The summed E-state index contributed by atoms with van der Waals surface area (Å²) in [6.07, 6.45) is 1.42. The number of ether oxygens (including phenoxy) is 2. The van der Waals surface area contributed by atoms with Crippen molar-refractivity contribution >= 4 is 0 Å². The highest BCUT2D eigenvalue weighted by Gasteiger charge is 2.12. The quantitative estimate of drug-likeness (QED) is 0.764. The molecule has 1 unspecified atom stereocenters. The van der Waals surface area contributed by atoms with Gasteiger partial charge in [0.25, 0.3) is 0 Å². The van der Waals surface area contributed by atoms with Crippen molar-refractivity contribution in [3.63, 3.8) is 0 Å². The number of rotatable bonds is 6. The molecular weight excluding hydrogens is 240 g/mol. The molecule has 1 aliphatic heterocycles. The van der Waals surface area contributed by atoms with E-state index in [1.807, 2.05) is 6.07 Å². The molecule has 2 N–H and O–H groups in total. The SMILES string of the molecule is COc1ccc(CNCCC2CNCCO2)cc1C. The molecule has 0 bridgehead atoms. The van der Waals surface area contributed by atoms with Crippen LogP contribution in [0.15, 0.2) is 18.2 Å². The van der Waals surface area contributed by atoms with Gasteiger partial charge in [0.15, 0.2) is 0 Å². The third-order valence-corrected chi connectivity index (χ3v) is 3.44. The molecule has 1 heterocycles. The molecule has 0 aliphatic carbocycles. The monoisotopic (exact) mass is 264 g/mol. The molecule has 0 spiro atoms. The van der Waals surface area contributed by atoms with Crippen molar-refractivity contribution in [1.82, 2.24) is 10.6 Å². The molecule has 1 atom stereocenters. The van der Waals surface area contributed by atoms with E-state index in [1.165, 1.54) is 11.1 Å². The Morgan fingerprint density at radius 2 is 2.37 bits per heavy atom. The van der Waals surface area contributed by atoms with Crippen LogP contribution in [0.2, 0.25) is 0 Å². The van der Waals surface area contributed by atoms with Crippen molar-refractivity contribution < 1.29 is 9.47 Å². The molecule has 1 aromatic rings. The molecule has 1 aromatic carbocycles. The number of benzene rings is 1. The molecule has 4 heteroatoms. The molecule has 1 aliphatic rings. The molecule has 0 radical (unpaired) electrons. The van der Waals surface area contributed by atoms with Crippen LogP contribution >= 0.6 is 0 Å². The Hall–Kier alpha value is -1.10. The van der Waals surface area contributed by atoms with E-state index in [0.29, 0.717) is 6.10 Å². The standard InChI is InChI=1S/C15H24N2O2/c1-12-9-13(3-4-15(12)18-2)10-16-6-5-14-11-17-7-8-19-14/h3-4,9,14,16-17H,5-8,10-11H2,1-2H3. The van der Waals surface area contributed by atoms with Crippen LogP contribution < -0.4 is 15.4 Å². The van der Waals surface area contributed by atoms with Crippen molar-refractivity contribution in [1.29, 1.82) is 0 Å². The van der Waals surface area contributed by atoms with Crippen LogP contribution in [0.25, 0.3) is 0 Å². The average Bonchev–Trinajstić information content (AvgIpc) is 2.45. The lowest BCUT2D eigenvalue weighted by atomic mass is 10.1. The van der Waals surface area contributed by atoms with Gasteiger partial charge in [0.2, 0.25) is 0 Å². The van der Waals surface area contributed by atoms with Crippen molar-refractivity contribution in [3.05, 3.63) is 29.3 Å². The van der Waals surface area contributed by atoms with Gasteiger partial charge in [-0.2, -0.15) is 0 Å². The summed E-state index contributed by atoms with van der Waals surface area (Å²) in [6.45, 7) is 6.74. The van der Waals surface area contributed by atoms with E-state index in [1.54, 1.807) is 7.11 Å². The van der Waals surface area contributed by atoms with E-state index in [2.05, 4.69) is 29.7 Å². The average molecular weight is 264 g/mol. The number of methoxy groups -OCH3 is 1. The van der Waals surface area contributed by atoms with Crippen molar-refractivity contribution in [2.24, 2.45) is 0 Å². The lowest BCUT2D eigenvalue weighted by molar-refractivity contribution is 0.0238. The van der Waals surface area contributed by atoms with Gasteiger partial charge in [-0.25, -0.2) is 0 Å². The zero-order valence-electron chi connectivity index (χ0n) is 11.9. The van der Waals surface area contributed by atoms with Gasteiger partial charge in [-0.15, -0.1) is 0 Å². The molecule has 4 nitrogen and oxygen atoms in total. The minimum Gasteiger partial charge on any atom is -0.496 e. The zero-order valence-corrected chi connectivity index (χ0v) is 11.9. The van der Waals surface area contributed by atoms with Gasteiger partial charge in [0.05, 0.1) is 19.8 Å². The van der Waals surface area contributed by atoms with E-state index in [9.17, 15) is 0 Å². The molecule has 106 valence electrons. The number of hydrogen-bond acceptors (Lipinski definition) is 4. The van der Waals surface area contributed by atoms with Crippen LogP contribution in [0, 0.1) is 6.92 Å². The normalized spacial score (nSPS) is 19.4. The van der Waals surface area contributed by atoms with Gasteiger partial charge in [0.1, 0.15) is 5.75 Å². The zero-order chi connectivity index (χ0) is 13.5. The Morgan fingerprint density at radius 1 is 1.47 bits per heavy atom. The Bertz CT molecular complexity index is 390. The van der Waals surface area contributed by atoms with Gasteiger partial charge in [0, 0.05) is 19.6 Å². The molecule has 19 heavy (non-hydrogen) atoms. The first-order chi connectivity index (χ1) is 9.29. The van der Waals surface area contributed by atoms with Crippen LogP contribution in [0.3, 0.4) is 0 Å². The maximum absolute atomic E-state index is 5.66. The summed E-state index contributed by atoms with van der Waals surface area (Å²) in [7, 11) is 1.71. The third kappa shape index (κ3) is 4.49. The van der Waals surface area contributed by atoms with E-state index >= 15 is 0 Å². The fraction of sp³-hybridized carbons (Fsp3) is 0.600. The minimum atomic E-state index is 0.360. The van der Waals surface area contributed by atoms with Crippen LogP contribution in [-0.2, 0) is 11.3 Å². The van der Waals surface area contributed by atoms with E-state index < -0.39 is 0 Å². The third-order valence-electron chi connectivity index (χ3n) is 3.44. The predicted molar refractivity (Wildman–Crippen MR) is 76.7 cm³/mol.